The zero-order valence-corrected chi connectivity index (χ0v) is 26.7. The summed E-state index contributed by atoms with van der Waals surface area (Å²) in [7, 11) is 1.24. The van der Waals surface area contributed by atoms with E-state index >= 15 is 4.79 Å². The van der Waals surface area contributed by atoms with Gasteiger partial charge in [-0.25, -0.2) is 9.18 Å². The second kappa shape index (κ2) is 12.0. The van der Waals surface area contributed by atoms with E-state index in [0.29, 0.717) is 33.0 Å². The average molecular weight is 658 g/mol. The summed E-state index contributed by atoms with van der Waals surface area (Å²) >= 11 is 12.9. The molecule has 3 aromatic carbocycles. The largest absolute Gasteiger partial charge is 0.476 e. The molecule has 2 heterocycles. The number of anilines is 1. The van der Waals surface area contributed by atoms with Crippen LogP contribution in [0.2, 0.25) is 10.0 Å². The van der Waals surface area contributed by atoms with Crippen LogP contribution in [0.3, 0.4) is 0 Å². The monoisotopic (exact) mass is 656 g/mol. The molecule has 2 amide bonds. The smallest absolute Gasteiger partial charge is 0.349 e. The highest BCUT2D eigenvalue weighted by atomic mass is 35.5. The molecule has 9 nitrogen and oxygen atoms in total. The minimum Gasteiger partial charge on any atom is -0.476 e. The van der Waals surface area contributed by atoms with Gasteiger partial charge in [0.25, 0.3) is 0 Å². The van der Waals surface area contributed by atoms with Gasteiger partial charge in [0, 0.05) is 34.9 Å². The van der Waals surface area contributed by atoms with Crippen molar-refractivity contribution in [3.05, 3.63) is 92.7 Å². The lowest BCUT2D eigenvalue weighted by molar-refractivity contribution is -0.156. The number of amides is 2. The van der Waals surface area contributed by atoms with E-state index in [-0.39, 0.29) is 17.2 Å². The van der Waals surface area contributed by atoms with Crippen molar-refractivity contribution >= 4 is 52.6 Å². The molecule has 2 aliphatic heterocycles. The van der Waals surface area contributed by atoms with E-state index in [1.807, 2.05) is 0 Å². The molecule has 236 valence electrons. The quantitative estimate of drug-likeness (QED) is 0.314. The number of ether oxygens (including phenoxy) is 3. The molecule has 2 aliphatic rings. The second-order valence-electron chi connectivity index (χ2n) is 11.6. The number of aryl methyl sites for hydroxylation is 1. The summed E-state index contributed by atoms with van der Waals surface area (Å²) in [5.74, 6) is -3.57. The number of nitrogens with one attached hydrogen (secondary N) is 1. The van der Waals surface area contributed by atoms with E-state index in [1.165, 1.54) is 44.9 Å². The van der Waals surface area contributed by atoms with Crippen LogP contribution in [0.1, 0.15) is 61.4 Å². The summed E-state index contributed by atoms with van der Waals surface area (Å²) in [6, 6.07) is 12.6. The Bertz CT molecular complexity index is 1730. The maximum atomic E-state index is 15.1. The number of carbonyl (C=O) groups excluding carboxylic acids is 4. The zero-order valence-electron chi connectivity index (χ0n) is 25.2. The molecular weight excluding hydrogens is 626 g/mol. The summed E-state index contributed by atoms with van der Waals surface area (Å²) in [6.07, 6.45) is -0.213. The Morgan fingerprint density at radius 1 is 1.04 bits per heavy atom. The van der Waals surface area contributed by atoms with Gasteiger partial charge in [-0.15, -0.1) is 0 Å². The van der Waals surface area contributed by atoms with Crippen LogP contribution in [0.25, 0.3) is 0 Å². The Hall–Kier alpha value is -4.15. The van der Waals surface area contributed by atoms with Crippen molar-refractivity contribution in [2.24, 2.45) is 0 Å². The van der Waals surface area contributed by atoms with Crippen LogP contribution in [-0.2, 0) is 34.1 Å². The number of benzene rings is 3. The van der Waals surface area contributed by atoms with Gasteiger partial charge in [-0.1, -0.05) is 35.3 Å². The normalized spacial score (nSPS) is 20.9. The third-order valence-electron chi connectivity index (χ3n) is 8.33. The molecule has 0 aliphatic carbocycles. The first-order chi connectivity index (χ1) is 21.2. The number of fused-ring (bicyclic) bond motifs is 2. The highest BCUT2D eigenvalue weighted by Gasteiger charge is 2.64. The first-order valence-electron chi connectivity index (χ1n) is 14.1. The summed E-state index contributed by atoms with van der Waals surface area (Å²) < 4.78 is 31.3. The SMILES string of the molecule is COC(=O)C(C)(C)Oc1ccc(Cl)cc1[C@H]1CC(=O)NC(c2cc(F)ccc2C)[C@]12C(=O)N(COC(C)=O)c1cc(Cl)ccc12. The number of hydrogen-bond donors (Lipinski definition) is 1. The molecular formula is C33H31Cl2FN2O7. The number of hydrogen-bond acceptors (Lipinski definition) is 7. The molecule has 1 spiro atoms. The first-order valence-corrected chi connectivity index (χ1v) is 14.8. The van der Waals surface area contributed by atoms with Crippen LogP contribution in [0.15, 0.2) is 54.6 Å². The molecule has 3 aromatic rings. The van der Waals surface area contributed by atoms with Gasteiger partial charge in [0.1, 0.15) is 17.0 Å². The number of esters is 2. The fourth-order valence-corrected chi connectivity index (χ4v) is 6.70. The fraction of sp³-hybridized carbons (Fsp3) is 0.333. The molecule has 0 aromatic heterocycles. The fourth-order valence-electron chi connectivity index (χ4n) is 6.35. The van der Waals surface area contributed by atoms with Crippen molar-refractivity contribution in [2.75, 3.05) is 18.7 Å². The van der Waals surface area contributed by atoms with Gasteiger partial charge in [0.15, 0.2) is 12.3 Å². The van der Waals surface area contributed by atoms with Crippen LogP contribution in [0, 0.1) is 12.7 Å². The highest BCUT2D eigenvalue weighted by Crippen LogP contribution is 2.60. The Kier molecular flexibility index (Phi) is 8.59. The van der Waals surface area contributed by atoms with E-state index in [2.05, 4.69) is 5.32 Å². The lowest BCUT2D eigenvalue weighted by atomic mass is 9.58. The minimum absolute atomic E-state index is 0.185. The Balaban J connectivity index is 1.84. The Morgan fingerprint density at radius 2 is 1.73 bits per heavy atom. The van der Waals surface area contributed by atoms with Crippen molar-refractivity contribution in [3.8, 4) is 5.75 Å². The maximum Gasteiger partial charge on any atom is 0.349 e. The number of rotatable bonds is 7. The van der Waals surface area contributed by atoms with Gasteiger partial charge in [-0.05, 0) is 79.9 Å². The van der Waals surface area contributed by atoms with Crippen LogP contribution >= 0.6 is 23.2 Å². The van der Waals surface area contributed by atoms with E-state index < -0.39 is 59.3 Å². The topological polar surface area (TPSA) is 111 Å². The van der Waals surface area contributed by atoms with Gasteiger partial charge in [-0.2, -0.15) is 0 Å². The van der Waals surface area contributed by atoms with Crippen molar-refractivity contribution in [3.63, 3.8) is 0 Å². The number of piperidine rings is 1. The van der Waals surface area contributed by atoms with Crippen LogP contribution in [-0.4, -0.2) is 43.2 Å². The third-order valence-corrected chi connectivity index (χ3v) is 8.80. The van der Waals surface area contributed by atoms with Crippen LogP contribution < -0.4 is 15.0 Å². The summed E-state index contributed by atoms with van der Waals surface area (Å²) in [5.41, 5.74) is -0.947. The van der Waals surface area contributed by atoms with E-state index in [9.17, 15) is 18.8 Å². The summed E-state index contributed by atoms with van der Waals surface area (Å²) in [6.45, 7) is 5.59. The number of halogens is 3. The van der Waals surface area contributed by atoms with Gasteiger partial charge >= 0.3 is 11.9 Å². The Morgan fingerprint density at radius 3 is 2.42 bits per heavy atom. The Labute approximate surface area is 269 Å². The summed E-state index contributed by atoms with van der Waals surface area (Å²) in [5, 5.41) is 3.57. The molecule has 1 unspecified atom stereocenters. The van der Waals surface area contributed by atoms with Crippen molar-refractivity contribution < 1.29 is 37.8 Å². The van der Waals surface area contributed by atoms with Gasteiger partial charge in [0.05, 0.1) is 18.8 Å². The second-order valence-corrected chi connectivity index (χ2v) is 12.4. The molecule has 1 saturated heterocycles. The first kappa shape index (κ1) is 32.2. The highest BCUT2D eigenvalue weighted by molar-refractivity contribution is 6.31. The lowest BCUT2D eigenvalue weighted by Gasteiger charge is -2.47. The predicted molar refractivity (Wildman–Crippen MR) is 165 cm³/mol. The molecule has 12 heteroatoms. The van der Waals surface area contributed by atoms with Gasteiger partial charge < -0.3 is 19.5 Å². The lowest BCUT2D eigenvalue weighted by Crippen LogP contribution is -2.58. The van der Waals surface area contributed by atoms with Gasteiger partial charge in [0.2, 0.25) is 11.8 Å². The van der Waals surface area contributed by atoms with Crippen LogP contribution in [0.5, 0.6) is 5.75 Å². The maximum absolute atomic E-state index is 15.1. The van der Waals surface area contributed by atoms with Crippen molar-refractivity contribution in [1.82, 2.24) is 5.32 Å². The molecule has 0 bridgehead atoms. The van der Waals surface area contributed by atoms with Crippen LogP contribution in [0.4, 0.5) is 10.1 Å². The number of nitrogens with zero attached hydrogens (tertiary/aromatic N) is 1. The van der Waals surface area contributed by atoms with E-state index in [4.69, 9.17) is 37.4 Å². The van der Waals surface area contributed by atoms with E-state index in [0.717, 1.165) is 0 Å². The molecule has 1 fully saturated rings. The average Bonchev–Trinajstić information content (AvgIpc) is 3.21. The van der Waals surface area contributed by atoms with Crippen molar-refractivity contribution in [1.29, 1.82) is 0 Å². The standard InChI is InChI=1S/C33H31Cl2FN2O7/c1-17-6-9-21(36)14-22(17)29-33(24-10-7-20(35)13-26(24)38(30(33)41)16-44-18(2)39)25(15-28(40)37-29)23-12-19(34)8-11-27(23)45-32(3,4)31(42)43-5/h6-14,25,29H,15-16H2,1-5H3,(H,37,40)/t25-,29?,33-/m1/s1. The molecule has 0 saturated carbocycles. The molecule has 1 N–H and O–H groups in total. The predicted octanol–water partition coefficient (Wildman–Crippen LogP) is 5.92. The van der Waals surface area contributed by atoms with Crippen molar-refractivity contribution in [2.45, 2.75) is 57.1 Å². The number of methoxy groups -OCH3 is 1. The third kappa shape index (κ3) is 5.61. The molecule has 0 radical (unpaired) electrons. The molecule has 3 atom stereocenters. The summed E-state index contributed by atoms with van der Waals surface area (Å²) in [4.78, 5) is 54.5. The van der Waals surface area contributed by atoms with E-state index in [1.54, 1.807) is 49.4 Å². The minimum atomic E-state index is -1.65. The van der Waals surface area contributed by atoms with Gasteiger partial charge in [-0.3, -0.25) is 19.3 Å². The molecule has 5 rings (SSSR count). The zero-order chi connectivity index (χ0) is 32.8. The number of carbonyl (C=O) groups is 4. The molecule has 45 heavy (non-hydrogen) atoms.